The van der Waals surface area contributed by atoms with Crippen LogP contribution in [0.3, 0.4) is 0 Å². The number of aromatic nitrogens is 2. The first kappa shape index (κ1) is 20.9. The van der Waals surface area contributed by atoms with Crippen LogP contribution < -0.4 is 5.32 Å². The number of nitrogens with zero attached hydrogens (tertiary/aromatic N) is 3. The van der Waals surface area contributed by atoms with E-state index in [2.05, 4.69) is 56.0 Å². The Morgan fingerprint density at radius 3 is 2.39 bits per heavy atom. The molecule has 0 aromatic carbocycles. The zero-order valence-corrected chi connectivity index (χ0v) is 19.2. The van der Waals surface area contributed by atoms with Gasteiger partial charge in [-0.3, -0.25) is 5.32 Å². The first-order valence-corrected chi connectivity index (χ1v) is 15.1. The van der Waals surface area contributed by atoms with Crippen molar-refractivity contribution in [3.05, 3.63) is 36.6 Å². The third kappa shape index (κ3) is 6.07. The van der Waals surface area contributed by atoms with Gasteiger partial charge in [0, 0.05) is 41.1 Å². The quantitative estimate of drug-likeness (QED) is 0.653. The lowest BCUT2D eigenvalue weighted by molar-refractivity contribution is 0.382. The van der Waals surface area contributed by atoms with Crippen molar-refractivity contribution in [3.8, 4) is 0 Å². The van der Waals surface area contributed by atoms with E-state index in [1.807, 2.05) is 18.5 Å². The van der Waals surface area contributed by atoms with Gasteiger partial charge in [-0.05, 0) is 61.0 Å². The van der Waals surface area contributed by atoms with E-state index in [0.29, 0.717) is 0 Å². The molecule has 0 spiro atoms. The van der Waals surface area contributed by atoms with Gasteiger partial charge in [0.25, 0.3) is 0 Å². The van der Waals surface area contributed by atoms with Crippen molar-refractivity contribution in [1.29, 1.82) is 0 Å². The first-order valence-electron chi connectivity index (χ1n) is 10.7. The highest BCUT2D eigenvalue weighted by Gasteiger charge is 2.35. The molecule has 156 valence electrons. The molecule has 4 rings (SSSR count). The molecular formula is C21H34N4S3. The molecule has 3 aliphatic heterocycles. The smallest absolute Gasteiger partial charge is 0.136 e. The second-order valence-corrected chi connectivity index (χ2v) is 14.7. The van der Waals surface area contributed by atoms with Crippen LogP contribution in [0.2, 0.25) is 0 Å². The minimum absolute atomic E-state index is 0.834. The van der Waals surface area contributed by atoms with E-state index in [1.165, 1.54) is 61.0 Å². The highest BCUT2D eigenvalue weighted by Crippen LogP contribution is 2.56. The fraction of sp³-hybridized carbons (Fsp3) is 0.714. The molecule has 0 radical (unpaired) electrons. The van der Waals surface area contributed by atoms with E-state index in [-0.39, 0.29) is 0 Å². The molecule has 2 saturated heterocycles. The summed E-state index contributed by atoms with van der Waals surface area (Å²) in [7, 11) is -0.864. The van der Waals surface area contributed by atoms with Crippen molar-refractivity contribution in [2.75, 3.05) is 42.1 Å². The highest BCUT2D eigenvalue weighted by atomic mass is 32.3. The third-order valence-corrected chi connectivity index (χ3v) is 13.0. The van der Waals surface area contributed by atoms with Gasteiger partial charge in [0.2, 0.25) is 0 Å². The molecule has 0 saturated carbocycles. The average Bonchev–Trinajstić information content (AvgIpc) is 3.23. The van der Waals surface area contributed by atoms with Gasteiger partial charge < -0.3 is 4.90 Å². The standard InChI is InChI=1S/C21H34N4S3/c1-2-12-26-19(6-1)14-28(15-20-7-3-13-27-20,16-21-23-9-4-10-24-21)18-25-11-5-8-22-17-25/h4-5,9-11,19-20,22H,1-3,6-8,12-18H2. The molecule has 0 bridgehead atoms. The molecule has 1 aromatic rings. The van der Waals surface area contributed by atoms with Crippen LogP contribution in [0.15, 0.2) is 30.7 Å². The van der Waals surface area contributed by atoms with Crippen molar-refractivity contribution in [2.24, 2.45) is 0 Å². The Bertz CT molecular complexity index is 617. The van der Waals surface area contributed by atoms with Gasteiger partial charge in [-0.15, -0.1) is 0 Å². The minimum Gasteiger partial charge on any atom is -0.357 e. The molecule has 0 amide bonds. The lowest BCUT2D eigenvalue weighted by Gasteiger charge is -2.47. The molecule has 1 N–H and O–H groups in total. The van der Waals surface area contributed by atoms with Gasteiger partial charge >= 0.3 is 0 Å². The number of hydrogen-bond acceptors (Lipinski definition) is 6. The molecule has 7 heteroatoms. The number of nitrogens with one attached hydrogen (secondary N) is 1. The van der Waals surface area contributed by atoms with E-state index < -0.39 is 10.0 Å². The Kier molecular flexibility index (Phi) is 7.90. The summed E-state index contributed by atoms with van der Waals surface area (Å²) in [5, 5.41) is 5.20. The molecule has 3 aliphatic rings. The predicted molar refractivity (Wildman–Crippen MR) is 127 cm³/mol. The van der Waals surface area contributed by atoms with Crippen LogP contribution in [-0.2, 0) is 5.75 Å². The maximum Gasteiger partial charge on any atom is 0.136 e. The summed E-state index contributed by atoms with van der Waals surface area (Å²) in [5.74, 6) is 8.83. The van der Waals surface area contributed by atoms with Gasteiger partial charge in [-0.2, -0.15) is 23.5 Å². The fourth-order valence-electron chi connectivity index (χ4n) is 4.51. The van der Waals surface area contributed by atoms with Crippen LogP contribution in [0, 0.1) is 0 Å². The normalized spacial score (nSPS) is 28.8. The van der Waals surface area contributed by atoms with Crippen LogP contribution in [0.25, 0.3) is 0 Å². The maximum absolute atomic E-state index is 4.67. The average molecular weight is 439 g/mol. The molecular weight excluding hydrogens is 404 g/mol. The molecule has 1 aromatic heterocycles. The SMILES string of the molecule is C1=CN(CS(Cc2ncccn2)(CC2CCCCS2)CC2CCCS2)CNC1. The summed E-state index contributed by atoms with van der Waals surface area (Å²) in [6.45, 7) is 1.98. The monoisotopic (exact) mass is 438 g/mol. The van der Waals surface area contributed by atoms with Crippen molar-refractivity contribution < 1.29 is 0 Å². The van der Waals surface area contributed by atoms with E-state index in [0.717, 1.165) is 35.3 Å². The van der Waals surface area contributed by atoms with Crippen LogP contribution in [-0.4, -0.2) is 67.5 Å². The molecule has 28 heavy (non-hydrogen) atoms. The second-order valence-electron chi connectivity index (χ2n) is 8.21. The van der Waals surface area contributed by atoms with Gasteiger partial charge in [0.05, 0.1) is 6.67 Å². The van der Waals surface area contributed by atoms with Crippen molar-refractivity contribution in [1.82, 2.24) is 20.2 Å². The lowest BCUT2D eigenvalue weighted by Crippen LogP contribution is -2.40. The Labute approximate surface area is 180 Å². The third-order valence-electron chi connectivity index (χ3n) is 5.76. The summed E-state index contributed by atoms with van der Waals surface area (Å²) >= 11 is 4.47. The van der Waals surface area contributed by atoms with E-state index in [9.17, 15) is 0 Å². The number of rotatable bonds is 8. The molecule has 3 atom stereocenters. The minimum atomic E-state index is -0.864. The van der Waals surface area contributed by atoms with E-state index >= 15 is 0 Å². The van der Waals surface area contributed by atoms with Gasteiger partial charge in [0.1, 0.15) is 5.82 Å². The lowest BCUT2D eigenvalue weighted by atomic mass is 10.2. The molecule has 0 aliphatic carbocycles. The number of hydrogen-bond donors (Lipinski definition) is 1. The Morgan fingerprint density at radius 2 is 1.79 bits per heavy atom. The molecule has 4 heterocycles. The molecule has 2 fully saturated rings. The fourth-order valence-corrected chi connectivity index (χ4v) is 13.2. The van der Waals surface area contributed by atoms with Crippen LogP contribution in [0.1, 0.15) is 37.9 Å². The van der Waals surface area contributed by atoms with Crippen molar-refractivity contribution in [2.45, 2.75) is 48.4 Å². The molecule has 3 unspecified atom stereocenters. The zero-order chi connectivity index (χ0) is 19.1. The summed E-state index contributed by atoms with van der Waals surface area (Å²) in [4.78, 5) is 11.9. The predicted octanol–water partition coefficient (Wildman–Crippen LogP) is 4.30. The Hall–Kier alpha value is -0.370. The van der Waals surface area contributed by atoms with Crippen molar-refractivity contribution >= 4 is 33.6 Å². The maximum atomic E-state index is 4.67. The topological polar surface area (TPSA) is 41.1 Å². The summed E-state index contributed by atoms with van der Waals surface area (Å²) in [6, 6.07) is 1.95. The molecule has 4 nitrogen and oxygen atoms in total. The summed E-state index contributed by atoms with van der Waals surface area (Å²) < 4.78 is 0. The summed E-state index contributed by atoms with van der Waals surface area (Å²) in [5.41, 5.74) is 0. The van der Waals surface area contributed by atoms with Crippen LogP contribution in [0.5, 0.6) is 0 Å². The van der Waals surface area contributed by atoms with Gasteiger partial charge in [0.15, 0.2) is 0 Å². The largest absolute Gasteiger partial charge is 0.357 e. The van der Waals surface area contributed by atoms with Crippen molar-refractivity contribution in [3.63, 3.8) is 0 Å². The Morgan fingerprint density at radius 1 is 1.04 bits per heavy atom. The van der Waals surface area contributed by atoms with Gasteiger partial charge in [-0.1, -0.05) is 12.5 Å². The van der Waals surface area contributed by atoms with E-state index in [1.54, 1.807) is 0 Å². The Balaban J connectivity index is 1.58. The van der Waals surface area contributed by atoms with Crippen LogP contribution >= 0.6 is 33.6 Å². The number of thioether (sulfide) groups is 2. The van der Waals surface area contributed by atoms with Gasteiger partial charge in [-0.25, -0.2) is 20.0 Å². The zero-order valence-electron chi connectivity index (χ0n) is 16.8. The first-order chi connectivity index (χ1) is 13.8. The van der Waals surface area contributed by atoms with E-state index in [4.69, 9.17) is 0 Å². The highest BCUT2D eigenvalue weighted by molar-refractivity contribution is 8.33. The summed E-state index contributed by atoms with van der Waals surface area (Å²) in [6.07, 6.45) is 15.5. The van der Waals surface area contributed by atoms with Crippen LogP contribution in [0.4, 0.5) is 0 Å². The second kappa shape index (κ2) is 10.6.